The van der Waals surface area contributed by atoms with Gasteiger partial charge in [0.2, 0.25) is 5.89 Å². The van der Waals surface area contributed by atoms with Gasteiger partial charge >= 0.3 is 0 Å². The number of aromatic nitrogens is 2. The first kappa shape index (κ1) is 14.2. The van der Waals surface area contributed by atoms with Gasteiger partial charge in [-0.25, -0.2) is 0 Å². The van der Waals surface area contributed by atoms with Gasteiger partial charge in [0.1, 0.15) is 0 Å². The normalized spacial score (nSPS) is 13.1. The van der Waals surface area contributed by atoms with Crippen LogP contribution in [0, 0.1) is 11.8 Å². The van der Waals surface area contributed by atoms with Crippen molar-refractivity contribution in [2.24, 2.45) is 17.6 Å². The molecule has 2 aromatic heterocycles. The van der Waals surface area contributed by atoms with Crippen molar-refractivity contribution >= 4 is 11.3 Å². The van der Waals surface area contributed by atoms with Crippen LogP contribution in [0.4, 0.5) is 0 Å². The second kappa shape index (κ2) is 6.82. The Kier molecular flexibility index (Phi) is 5.10. The zero-order valence-corrected chi connectivity index (χ0v) is 12.3. The Morgan fingerprint density at radius 2 is 2.26 bits per heavy atom. The first-order valence-corrected chi connectivity index (χ1v) is 7.59. The lowest BCUT2D eigenvalue weighted by Gasteiger charge is -2.14. The molecule has 0 fully saturated rings. The second-order valence-corrected chi connectivity index (χ2v) is 6.33. The molecule has 2 aromatic rings. The molecule has 2 rings (SSSR count). The monoisotopic (exact) mass is 279 g/mol. The molecule has 0 amide bonds. The SMILES string of the molecule is CC(C)CC(CN)Cc1nc(Cc2cccs2)no1. The lowest BCUT2D eigenvalue weighted by atomic mass is 9.94. The summed E-state index contributed by atoms with van der Waals surface area (Å²) >= 11 is 1.71. The van der Waals surface area contributed by atoms with Gasteiger partial charge in [-0.2, -0.15) is 4.98 Å². The topological polar surface area (TPSA) is 64.9 Å². The zero-order chi connectivity index (χ0) is 13.7. The Morgan fingerprint density at radius 1 is 1.42 bits per heavy atom. The van der Waals surface area contributed by atoms with Gasteiger partial charge in [0.15, 0.2) is 5.82 Å². The summed E-state index contributed by atoms with van der Waals surface area (Å²) in [7, 11) is 0. The van der Waals surface area contributed by atoms with E-state index in [2.05, 4.69) is 35.4 Å². The van der Waals surface area contributed by atoms with E-state index in [-0.39, 0.29) is 0 Å². The van der Waals surface area contributed by atoms with Gasteiger partial charge in [-0.05, 0) is 36.2 Å². The first-order chi connectivity index (χ1) is 9.17. The number of nitrogens with two attached hydrogens (primary N) is 1. The molecular formula is C14H21N3OS. The average Bonchev–Trinajstić information content (AvgIpc) is 3.00. The molecule has 0 aliphatic heterocycles. The summed E-state index contributed by atoms with van der Waals surface area (Å²) < 4.78 is 5.32. The summed E-state index contributed by atoms with van der Waals surface area (Å²) in [4.78, 5) is 5.71. The summed E-state index contributed by atoms with van der Waals surface area (Å²) in [6.07, 6.45) is 2.63. The second-order valence-electron chi connectivity index (χ2n) is 5.30. The fourth-order valence-corrected chi connectivity index (χ4v) is 2.89. The Hall–Kier alpha value is -1.20. The number of hydrogen-bond donors (Lipinski definition) is 1. The van der Waals surface area contributed by atoms with E-state index in [0.717, 1.165) is 25.1 Å². The van der Waals surface area contributed by atoms with Crippen molar-refractivity contribution in [3.63, 3.8) is 0 Å². The molecule has 1 unspecified atom stereocenters. The third-order valence-electron chi connectivity index (χ3n) is 3.02. The third-order valence-corrected chi connectivity index (χ3v) is 3.90. The Labute approximate surface area is 118 Å². The van der Waals surface area contributed by atoms with Crippen LogP contribution >= 0.6 is 11.3 Å². The van der Waals surface area contributed by atoms with E-state index in [9.17, 15) is 0 Å². The van der Waals surface area contributed by atoms with Crippen molar-refractivity contribution in [3.8, 4) is 0 Å². The fourth-order valence-electron chi connectivity index (χ4n) is 2.19. The maximum Gasteiger partial charge on any atom is 0.226 e. The van der Waals surface area contributed by atoms with Gasteiger partial charge in [0, 0.05) is 17.7 Å². The molecule has 4 nitrogen and oxygen atoms in total. The molecule has 0 aliphatic carbocycles. The number of hydrogen-bond acceptors (Lipinski definition) is 5. The minimum absolute atomic E-state index is 0.426. The highest BCUT2D eigenvalue weighted by Gasteiger charge is 2.15. The van der Waals surface area contributed by atoms with Gasteiger partial charge in [0.25, 0.3) is 0 Å². The molecule has 19 heavy (non-hydrogen) atoms. The summed E-state index contributed by atoms with van der Waals surface area (Å²) in [5.41, 5.74) is 5.80. The predicted molar refractivity (Wildman–Crippen MR) is 77.1 cm³/mol. The molecule has 104 valence electrons. The molecule has 0 aliphatic rings. The highest BCUT2D eigenvalue weighted by atomic mass is 32.1. The minimum Gasteiger partial charge on any atom is -0.339 e. The molecular weight excluding hydrogens is 258 g/mol. The minimum atomic E-state index is 0.426. The van der Waals surface area contributed by atoms with Crippen LogP contribution in [0.15, 0.2) is 22.0 Å². The molecule has 0 radical (unpaired) electrons. The van der Waals surface area contributed by atoms with Crippen LogP contribution in [0.3, 0.4) is 0 Å². The maximum absolute atomic E-state index is 5.80. The maximum atomic E-state index is 5.80. The molecule has 1 atom stereocenters. The smallest absolute Gasteiger partial charge is 0.226 e. The molecule has 0 aromatic carbocycles. The number of thiophene rings is 1. The van der Waals surface area contributed by atoms with Crippen LogP contribution in [-0.4, -0.2) is 16.7 Å². The van der Waals surface area contributed by atoms with Gasteiger partial charge < -0.3 is 10.3 Å². The van der Waals surface area contributed by atoms with E-state index in [1.165, 1.54) is 4.88 Å². The van der Waals surface area contributed by atoms with Gasteiger partial charge in [-0.15, -0.1) is 11.3 Å². The Balaban J connectivity index is 1.92. The highest BCUT2D eigenvalue weighted by molar-refractivity contribution is 7.09. The molecule has 0 spiro atoms. The molecule has 0 bridgehead atoms. The quantitative estimate of drug-likeness (QED) is 0.846. The van der Waals surface area contributed by atoms with Gasteiger partial charge in [-0.3, -0.25) is 0 Å². The highest BCUT2D eigenvalue weighted by Crippen LogP contribution is 2.17. The van der Waals surface area contributed by atoms with Gasteiger partial charge in [-0.1, -0.05) is 25.1 Å². The summed E-state index contributed by atoms with van der Waals surface area (Å²) in [6, 6.07) is 4.12. The molecule has 2 N–H and O–H groups in total. The lowest BCUT2D eigenvalue weighted by Crippen LogP contribution is -2.19. The Morgan fingerprint density at radius 3 is 2.89 bits per heavy atom. The van der Waals surface area contributed by atoms with Crippen molar-refractivity contribution in [2.75, 3.05) is 6.54 Å². The summed E-state index contributed by atoms with van der Waals surface area (Å²) in [5.74, 6) is 2.54. The van der Waals surface area contributed by atoms with Crippen molar-refractivity contribution in [2.45, 2.75) is 33.1 Å². The Bertz CT molecular complexity index is 479. The lowest BCUT2D eigenvalue weighted by molar-refractivity contribution is 0.330. The van der Waals surface area contributed by atoms with Gasteiger partial charge in [0.05, 0.1) is 0 Å². The standard InChI is InChI=1S/C14H21N3OS/c1-10(2)6-11(9-15)7-14-16-13(17-18-14)8-12-4-3-5-19-12/h3-5,10-11H,6-9,15H2,1-2H3. The first-order valence-electron chi connectivity index (χ1n) is 6.71. The van der Waals surface area contributed by atoms with Crippen molar-refractivity contribution in [1.29, 1.82) is 0 Å². The number of nitrogens with zero attached hydrogens (tertiary/aromatic N) is 2. The van der Waals surface area contributed by atoms with Crippen LogP contribution in [0.25, 0.3) is 0 Å². The predicted octanol–water partition coefficient (Wildman–Crippen LogP) is 2.89. The molecule has 0 saturated carbocycles. The van der Waals surface area contributed by atoms with E-state index in [1.54, 1.807) is 11.3 Å². The van der Waals surface area contributed by atoms with Crippen molar-refractivity contribution in [1.82, 2.24) is 10.1 Å². The molecule has 5 heteroatoms. The zero-order valence-electron chi connectivity index (χ0n) is 11.5. The summed E-state index contributed by atoms with van der Waals surface area (Å²) in [5, 5.41) is 6.10. The van der Waals surface area contributed by atoms with E-state index in [1.807, 2.05) is 6.07 Å². The van der Waals surface area contributed by atoms with Crippen LogP contribution in [0.1, 0.15) is 36.9 Å². The third kappa shape index (κ3) is 4.44. The van der Waals surface area contributed by atoms with Crippen molar-refractivity contribution in [3.05, 3.63) is 34.1 Å². The summed E-state index contributed by atoms with van der Waals surface area (Å²) in [6.45, 7) is 5.08. The fraction of sp³-hybridized carbons (Fsp3) is 0.571. The van der Waals surface area contributed by atoms with E-state index in [4.69, 9.17) is 10.3 Å². The molecule has 2 heterocycles. The van der Waals surface area contributed by atoms with Crippen LogP contribution in [0.5, 0.6) is 0 Å². The number of rotatable bonds is 7. The van der Waals surface area contributed by atoms with E-state index < -0.39 is 0 Å². The van der Waals surface area contributed by atoms with Crippen LogP contribution in [-0.2, 0) is 12.8 Å². The van der Waals surface area contributed by atoms with E-state index >= 15 is 0 Å². The average molecular weight is 279 g/mol. The van der Waals surface area contributed by atoms with Crippen molar-refractivity contribution < 1.29 is 4.52 Å². The molecule has 0 saturated heterocycles. The van der Waals surface area contributed by atoms with Crippen LogP contribution < -0.4 is 5.73 Å². The van der Waals surface area contributed by atoms with Crippen LogP contribution in [0.2, 0.25) is 0 Å². The largest absolute Gasteiger partial charge is 0.339 e. The van der Waals surface area contributed by atoms with E-state index in [0.29, 0.717) is 24.3 Å².